The fourth-order valence-corrected chi connectivity index (χ4v) is 1.62. The predicted octanol–water partition coefficient (Wildman–Crippen LogP) is 1.91. The van der Waals surface area contributed by atoms with Crippen molar-refractivity contribution in [2.75, 3.05) is 33.0 Å². The Hall–Kier alpha value is -3.31. The molecule has 0 amide bonds. The van der Waals surface area contributed by atoms with Crippen molar-refractivity contribution >= 4 is 18.3 Å². The molecule has 0 aromatic carbocycles. The maximum Gasteiger partial charge on any atom is 0.509 e. The van der Waals surface area contributed by atoms with E-state index < -0.39 is 23.7 Å². The molecule has 8 nitrogen and oxygen atoms in total. The number of hydrogen-bond acceptors (Lipinski definition) is 8. The van der Waals surface area contributed by atoms with Crippen LogP contribution in [0.2, 0.25) is 0 Å². The lowest BCUT2D eigenvalue weighted by Gasteiger charge is -2.30. The Balaban J connectivity index is 4.91. The van der Waals surface area contributed by atoms with Crippen LogP contribution in [-0.2, 0) is 28.5 Å². The third-order valence-electron chi connectivity index (χ3n) is 3.30. The second-order valence-electron chi connectivity index (χ2n) is 5.28. The van der Waals surface area contributed by atoms with Crippen molar-refractivity contribution in [1.82, 2.24) is 0 Å². The van der Waals surface area contributed by atoms with Gasteiger partial charge < -0.3 is 23.7 Å². The highest BCUT2D eigenvalue weighted by Gasteiger charge is 2.34. The van der Waals surface area contributed by atoms with Crippen LogP contribution in [0, 0.1) is 42.4 Å². The van der Waals surface area contributed by atoms with Gasteiger partial charge in [0, 0.05) is 6.42 Å². The Kier molecular flexibility index (Phi) is 12.2. The van der Waals surface area contributed by atoms with E-state index >= 15 is 0 Å². The first-order chi connectivity index (χ1) is 12.9. The molecule has 146 valence electrons. The van der Waals surface area contributed by atoms with Gasteiger partial charge in [-0.1, -0.05) is 18.8 Å². The van der Waals surface area contributed by atoms with Crippen LogP contribution in [0.15, 0.2) is 0 Å². The van der Waals surface area contributed by atoms with Gasteiger partial charge >= 0.3 is 18.3 Å². The summed E-state index contributed by atoms with van der Waals surface area (Å²) in [6, 6.07) is 0. The van der Waals surface area contributed by atoms with E-state index in [0.29, 0.717) is 6.42 Å². The van der Waals surface area contributed by atoms with Gasteiger partial charge in [0.15, 0.2) is 13.2 Å². The van der Waals surface area contributed by atoms with E-state index in [1.54, 1.807) is 6.92 Å². The van der Waals surface area contributed by atoms with E-state index in [2.05, 4.69) is 27.2 Å². The molecule has 0 aromatic heterocycles. The van der Waals surface area contributed by atoms with Crippen molar-refractivity contribution in [3.63, 3.8) is 0 Å². The van der Waals surface area contributed by atoms with Crippen molar-refractivity contribution < 1.29 is 38.1 Å². The average molecular weight is 378 g/mol. The second-order valence-corrected chi connectivity index (χ2v) is 5.28. The highest BCUT2D eigenvalue weighted by atomic mass is 16.7. The number of esters is 1. The molecule has 0 atom stereocenters. The van der Waals surface area contributed by atoms with Crippen LogP contribution in [0.25, 0.3) is 0 Å². The van der Waals surface area contributed by atoms with Crippen LogP contribution < -0.4 is 0 Å². The molecule has 0 aliphatic carbocycles. The fraction of sp³-hybridized carbons (Fsp3) is 0.526. The lowest BCUT2D eigenvalue weighted by molar-refractivity contribution is -0.150. The summed E-state index contributed by atoms with van der Waals surface area (Å²) >= 11 is 0. The molecule has 0 N–H and O–H groups in total. The normalized spacial score (nSPS) is 9.70. The summed E-state index contributed by atoms with van der Waals surface area (Å²) in [6.07, 6.45) is 13.7. The van der Waals surface area contributed by atoms with Gasteiger partial charge in [0.25, 0.3) is 0 Å². The third kappa shape index (κ3) is 11.0. The van der Waals surface area contributed by atoms with Crippen molar-refractivity contribution in [2.24, 2.45) is 5.41 Å². The van der Waals surface area contributed by atoms with Gasteiger partial charge in [-0.05, 0) is 6.42 Å². The van der Waals surface area contributed by atoms with Gasteiger partial charge in [-0.2, -0.15) is 0 Å². The average Bonchev–Trinajstić information content (AvgIpc) is 2.68. The number of carbonyl (C=O) groups is 3. The van der Waals surface area contributed by atoms with E-state index in [-0.39, 0.29) is 45.9 Å². The molecule has 27 heavy (non-hydrogen) atoms. The van der Waals surface area contributed by atoms with Crippen molar-refractivity contribution in [2.45, 2.75) is 26.2 Å². The zero-order valence-corrected chi connectivity index (χ0v) is 15.2. The van der Waals surface area contributed by atoms with E-state index in [1.165, 1.54) is 0 Å². The molecule has 0 aromatic rings. The summed E-state index contributed by atoms with van der Waals surface area (Å²) in [4.78, 5) is 34.7. The molecule has 0 heterocycles. The van der Waals surface area contributed by atoms with Crippen LogP contribution in [0.3, 0.4) is 0 Å². The van der Waals surface area contributed by atoms with Crippen LogP contribution in [0.1, 0.15) is 26.2 Å². The molecule has 0 aliphatic rings. The second kappa shape index (κ2) is 13.9. The van der Waals surface area contributed by atoms with Gasteiger partial charge in [-0.3, -0.25) is 4.79 Å². The minimum Gasteiger partial charge on any atom is -0.465 e. The first-order valence-corrected chi connectivity index (χ1v) is 7.98. The van der Waals surface area contributed by atoms with Crippen molar-refractivity contribution in [3.05, 3.63) is 0 Å². The monoisotopic (exact) mass is 378 g/mol. The minimum atomic E-state index is -1.02. The van der Waals surface area contributed by atoms with E-state index in [1.807, 2.05) is 0 Å². The maximum absolute atomic E-state index is 11.7. The lowest BCUT2D eigenvalue weighted by Crippen LogP contribution is -2.39. The molecule has 0 bridgehead atoms. The zero-order valence-electron chi connectivity index (χ0n) is 15.2. The largest absolute Gasteiger partial charge is 0.509 e. The first kappa shape index (κ1) is 23.7. The van der Waals surface area contributed by atoms with E-state index in [4.69, 9.17) is 33.5 Å². The van der Waals surface area contributed by atoms with Crippen LogP contribution in [0.4, 0.5) is 9.59 Å². The molecule has 0 saturated heterocycles. The van der Waals surface area contributed by atoms with E-state index in [0.717, 1.165) is 0 Å². The number of terminal acetylenes is 3. The van der Waals surface area contributed by atoms with Gasteiger partial charge in [0.2, 0.25) is 0 Å². The molecular formula is C19H22O8. The predicted molar refractivity (Wildman–Crippen MR) is 94.0 cm³/mol. The molecule has 0 unspecified atom stereocenters. The smallest absolute Gasteiger partial charge is 0.465 e. The number of hydrogen-bond donors (Lipinski definition) is 0. The van der Waals surface area contributed by atoms with Gasteiger partial charge in [-0.25, -0.2) is 9.59 Å². The van der Waals surface area contributed by atoms with Gasteiger partial charge in [0.05, 0.1) is 11.8 Å². The molecule has 0 radical (unpaired) electrons. The number of rotatable bonds is 11. The SMILES string of the molecule is C#CCCC(=O)OCC(CC)(COC(=O)OCC#C)COC(=O)OCC#C. The number of carbonyl (C=O) groups excluding carboxylic acids is 3. The van der Waals surface area contributed by atoms with Crippen LogP contribution >= 0.6 is 0 Å². The quantitative estimate of drug-likeness (QED) is 0.306. The molecule has 0 saturated carbocycles. The van der Waals surface area contributed by atoms with Crippen molar-refractivity contribution in [3.8, 4) is 37.0 Å². The summed E-state index contributed by atoms with van der Waals surface area (Å²) in [6.45, 7) is 0.538. The molecule has 0 spiro atoms. The van der Waals surface area contributed by atoms with Crippen molar-refractivity contribution in [1.29, 1.82) is 0 Å². The molecule has 0 fully saturated rings. The number of ether oxygens (including phenoxy) is 5. The Morgan fingerprint density at radius 1 is 0.778 bits per heavy atom. The third-order valence-corrected chi connectivity index (χ3v) is 3.30. The summed E-state index contributed by atoms with van der Waals surface area (Å²) in [5, 5.41) is 0. The first-order valence-electron chi connectivity index (χ1n) is 7.98. The summed E-state index contributed by atoms with van der Waals surface area (Å²) in [5.74, 6) is 6.03. The fourth-order valence-electron chi connectivity index (χ4n) is 1.62. The maximum atomic E-state index is 11.7. The Labute approximate surface area is 158 Å². The highest BCUT2D eigenvalue weighted by molar-refractivity contribution is 5.69. The summed E-state index contributed by atoms with van der Waals surface area (Å²) in [7, 11) is 0. The standard InChI is InChI=1S/C19H22O8/c1-5-9-10-16(20)25-13-19(8-4,14-26-17(21)23-11-6-2)15-27-18(22)24-12-7-3/h1-3H,8-15H2,4H3. The highest BCUT2D eigenvalue weighted by Crippen LogP contribution is 2.25. The molecule has 0 aliphatic heterocycles. The zero-order chi connectivity index (χ0) is 20.5. The van der Waals surface area contributed by atoms with Gasteiger partial charge in [0.1, 0.15) is 19.8 Å². The van der Waals surface area contributed by atoms with Crippen LogP contribution in [0.5, 0.6) is 0 Å². The van der Waals surface area contributed by atoms with E-state index in [9.17, 15) is 14.4 Å². The molecule has 0 rings (SSSR count). The summed E-state index contributed by atoms with van der Waals surface area (Å²) in [5.41, 5.74) is -1.02. The lowest BCUT2D eigenvalue weighted by atomic mass is 9.88. The molecular weight excluding hydrogens is 356 g/mol. The van der Waals surface area contributed by atoms with Gasteiger partial charge in [-0.15, -0.1) is 25.2 Å². The Morgan fingerprint density at radius 2 is 1.26 bits per heavy atom. The Bertz CT molecular complexity index is 534. The molecule has 8 heteroatoms. The van der Waals surface area contributed by atoms with Crippen LogP contribution in [-0.4, -0.2) is 51.3 Å². The Morgan fingerprint density at radius 3 is 1.67 bits per heavy atom. The topological polar surface area (TPSA) is 97.4 Å². The summed E-state index contributed by atoms with van der Waals surface area (Å²) < 4.78 is 24.3. The minimum absolute atomic E-state index is 0.0342.